The molecule has 0 amide bonds. The molecule has 1 heterocycles. The standard InChI is InChI=1S/C26H33NO5/c1-4-18-6-9-22(20-11-12-27-16-20)23(13-18)25(32-17(2)28)15-21(29)8-5-19-7-10-24(30)26(14-19)31-3/h6-7,9-12,14,16,18,22-23,25,27,30H,4-5,8,13,15H2,1-3H3. The van der Waals surface area contributed by atoms with Gasteiger partial charge in [-0.15, -0.1) is 0 Å². The van der Waals surface area contributed by atoms with Crippen molar-refractivity contribution in [1.29, 1.82) is 0 Å². The lowest BCUT2D eigenvalue weighted by molar-refractivity contribution is -0.151. The lowest BCUT2D eigenvalue weighted by Crippen LogP contribution is -2.35. The molecule has 0 radical (unpaired) electrons. The number of hydrogen-bond acceptors (Lipinski definition) is 5. The van der Waals surface area contributed by atoms with Crippen LogP contribution in [0, 0.1) is 11.8 Å². The number of esters is 1. The molecule has 1 aromatic carbocycles. The summed E-state index contributed by atoms with van der Waals surface area (Å²) in [6, 6.07) is 7.14. The Balaban J connectivity index is 1.72. The van der Waals surface area contributed by atoms with E-state index in [0.717, 1.165) is 24.0 Å². The van der Waals surface area contributed by atoms with E-state index in [1.807, 2.05) is 18.5 Å². The van der Waals surface area contributed by atoms with Crippen molar-refractivity contribution in [1.82, 2.24) is 4.98 Å². The highest BCUT2D eigenvalue weighted by atomic mass is 16.5. The van der Waals surface area contributed by atoms with Crippen LogP contribution in [0.2, 0.25) is 0 Å². The Hall–Kier alpha value is -3.02. The van der Waals surface area contributed by atoms with E-state index in [9.17, 15) is 14.7 Å². The van der Waals surface area contributed by atoms with E-state index in [4.69, 9.17) is 9.47 Å². The first-order chi connectivity index (χ1) is 15.4. The molecule has 172 valence electrons. The van der Waals surface area contributed by atoms with Gasteiger partial charge in [0.15, 0.2) is 11.5 Å². The summed E-state index contributed by atoms with van der Waals surface area (Å²) in [7, 11) is 1.50. The molecule has 2 N–H and O–H groups in total. The molecule has 0 aliphatic heterocycles. The second kappa shape index (κ2) is 11.0. The number of allylic oxidation sites excluding steroid dienone is 2. The molecule has 1 aliphatic carbocycles. The zero-order chi connectivity index (χ0) is 23.1. The SMILES string of the molecule is CCC1C=CC(c2cc[nH]c2)C(C(CC(=O)CCc2ccc(O)c(OC)c2)OC(C)=O)C1. The van der Waals surface area contributed by atoms with Gasteiger partial charge in [-0.1, -0.05) is 25.1 Å². The third-order valence-electron chi connectivity index (χ3n) is 6.32. The van der Waals surface area contributed by atoms with Crippen molar-refractivity contribution < 1.29 is 24.2 Å². The summed E-state index contributed by atoms with van der Waals surface area (Å²) in [4.78, 5) is 27.9. The second-order valence-electron chi connectivity index (χ2n) is 8.52. The molecular formula is C26H33NO5. The number of rotatable bonds is 10. The summed E-state index contributed by atoms with van der Waals surface area (Å²) in [5.74, 6) is 0.712. The van der Waals surface area contributed by atoms with Crippen LogP contribution in [-0.4, -0.2) is 35.1 Å². The fraction of sp³-hybridized carbons (Fsp3) is 0.462. The number of phenolic OH excluding ortho intramolecular Hbond substituents is 1. The van der Waals surface area contributed by atoms with Gasteiger partial charge < -0.3 is 19.6 Å². The number of Topliss-reactive ketones (excluding diaryl/α,β-unsaturated/α-hetero) is 1. The number of nitrogens with one attached hydrogen (secondary N) is 1. The normalized spacial score (nSPS) is 21.2. The van der Waals surface area contributed by atoms with Crippen molar-refractivity contribution in [3.05, 3.63) is 59.9 Å². The Morgan fingerprint density at radius 2 is 2.06 bits per heavy atom. The average molecular weight is 440 g/mol. The Morgan fingerprint density at radius 1 is 1.25 bits per heavy atom. The Morgan fingerprint density at radius 3 is 2.72 bits per heavy atom. The van der Waals surface area contributed by atoms with E-state index in [-0.39, 0.29) is 35.8 Å². The monoisotopic (exact) mass is 439 g/mol. The van der Waals surface area contributed by atoms with Crippen LogP contribution in [0.5, 0.6) is 11.5 Å². The van der Waals surface area contributed by atoms with Crippen molar-refractivity contribution >= 4 is 11.8 Å². The molecule has 1 aromatic heterocycles. The minimum atomic E-state index is -0.465. The Bertz CT molecular complexity index is 934. The summed E-state index contributed by atoms with van der Waals surface area (Å²) >= 11 is 0. The first-order valence-electron chi connectivity index (χ1n) is 11.3. The number of ketones is 1. The molecule has 1 aliphatic rings. The minimum absolute atomic E-state index is 0.0439. The molecule has 4 unspecified atom stereocenters. The van der Waals surface area contributed by atoms with Crippen molar-refractivity contribution in [2.24, 2.45) is 11.8 Å². The van der Waals surface area contributed by atoms with E-state index >= 15 is 0 Å². The van der Waals surface area contributed by atoms with Gasteiger partial charge in [-0.2, -0.15) is 0 Å². The summed E-state index contributed by atoms with van der Waals surface area (Å²) in [6.45, 7) is 3.56. The van der Waals surface area contributed by atoms with Gasteiger partial charge in [-0.3, -0.25) is 9.59 Å². The van der Waals surface area contributed by atoms with Gasteiger partial charge in [0, 0.05) is 44.0 Å². The van der Waals surface area contributed by atoms with Crippen molar-refractivity contribution in [2.45, 2.75) is 58.0 Å². The number of aromatic hydroxyl groups is 1. The molecule has 0 bridgehead atoms. The fourth-order valence-corrected chi connectivity index (χ4v) is 4.56. The van der Waals surface area contributed by atoms with Gasteiger partial charge in [0.25, 0.3) is 0 Å². The van der Waals surface area contributed by atoms with Gasteiger partial charge in [-0.25, -0.2) is 0 Å². The van der Waals surface area contributed by atoms with Crippen LogP contribution in [0.1, 0.15) is 56.6 Å². The smallest absolute Gasteiger partial charge is 0.302 e. The van der Waals surface area contributed by atoms with Crippen LogP contribution in [0.4, 0.5) is 0 Å². The third kappa shape index (κ3) is 6.02. The number of aromatic amines is 1. The predicted molar refractivity (Wildman–Crippen MR) is 123 cm³/mol. The van der Waals surface area contributed by atoms with Crippen molar-refractivity contribution in [2.75, 3.05) is 7.11 Å². The van der Waals surface area contributed by atoms with Gasteiger partial charge in [0.1, 0.15) is 11.9 Å². The van der Waals surface area contributed by atoms with Crippen LogP contribution in [0.25, 0.3) is 0 Å². The Labute approximate surface area is 189 Å². The van der Waals surface area contributed by atoms with E-state index in [1.54, 1.807) is 18.2 Å². The highest BCUT2D eigenvalue weighted by molar-refractivity contribution is 5.79. The maximum Gasteiger partial charge on any atom is 0.302 e. The number of H-pyrrole nitrogens is 1. The number of carbonyl (C=O) groups excluding carboxylic acids is 2. The molecule has 6 nitrogen and oxygen atoms in total. The quantitative estimate of drug-likeness (QED) is 0.404. The highest BCUT2D eigenvalue weighted by Gasteiger charge is 2.36. The predicted octanol–water partition coefficient (Wildman–Crippen LogP) is 4.94. The molecular weight excluding hydrogens is 406 g/mol. The van der Waals surface area contributed by atoms with Gasteiger partial charge >= 0.3 is 5.97 Å². The van der Waals surface area contributed by atoms with Gasteiger partial charge in [-0.05, 0) is 54.5 Å². The van der Waals surface area contributed by atoms with E-state index in [2.05, 4.69) is 24.1 Å². The first kappa shape index (κ1) is 23.6. The van der Waals surface area contributed by atoms with E-state index in [0.29, 0.717) is 24.5 Å². The lowest BCUT2D eigenvalue weighted by Gasteiger charge is -2.36. The summed E-state index contributed by atoms with van der Waals surface area (Å²) in [5, 5.41) is 9.76. The summed E-state index contributed by atoms with van der Waals surface area (Å²) < 4.78 is 10.9. The highest BCUT2D eigenvalue weighted by Crippen LogP contribution is 2.41. The van der Waals surface area contributed by atoms with Crippen LogP contribution in [0.3, 0.4) is 0 Å². The van der Waals surface area contributed by atoms with E-state index in [1.165, 1.54) is 14.0 Å². The molecule has 2 aromatic rings. The number of hydrogen-bond donors (Lipinski definition) is 2. The number of benzene rings is 1. The second-order valence-corrected chi connectivity index (χ2v) is 8.52. The molecule has 0 spiro atoms. The molecule has 0 fully saturated rings. The zero-order valence-corrected chi connectivity index (χ0v) is 19.0. The molecule has 32 heavy (non-hydrogen) atoms. The number of aryl methyl sites for hydroxylation is 1. The third-order valence-corrected chi connectivity index (χ3v) is 6.32. The topological polar surface area (TPSA) is 88.6 Å². The Kier molecular flexibility index (Phi) is 8.14. The molecule has 6 heteroatoms. The van der Waals surface area contributed by atoms with Crippen LogP contribution in [-0.2, 0) is 20.7 Å². The number of methoxy groups -OCH3 is 1. The zero-order valence-electron chi connectivity index (χ0n) is 19.0. The fourth-order valence-electron chi connectivity index (χ4n) is 4.56. The van der Waals surface area contributed by atoms with Crippen LogP contribution in [0.15, 0.2) is 48.8 Å². The molecule has 0 saturated heterocycles. The molecule has 3 rings (SSSR count). The van der Waals surface area contributed by atoms with Gasteiger partial charge in [0.2, 0.25) is 0 Å². The van der Waals surface area contributed by atoms with Crippen LogP contribution >= 0.6 is 0 Å². The van der Waals surface area contributed by atoms with Gasteiger partial charge in [0.05, 0.1) is 7.11 Å². The largest absolute Gasteiger partial charge is 0.504 e. The number of phenols is 1. The van der Waals surface area contributed by atoms with Crippen molar-refractivity contribution in [3.63, 3.8) is 0 Å². The minimum Gasteiger partial charge on any atom is -0.504 e. The maximum atomic E-state index is 12.9. The first-order valence-corrected chi connectivity index (χ1v) is 11.3. The molecule has 0 saturated carbocycles. The lowest BCUT2D eigenvalue weighted by atomic mass is 9.72. The van der Waals surface area contributed by atoms with Crippen LogP contribution < -0.4 is 4.74 Å². The van der Waals surface area contributed by atoms with Crippen molar-refractivity contribution in [3.8, 4) is 11.5 Å². The maximum absolute atomic E-state index is 12.9. The number of carbonyl (C=O) groups is 2. The summed E-state index contributed by atoms with van der Waals surface area (Å²) in [6.07, 6.45) is 10.8. The molecule has 4 atom stereocenters. The number of aromatic nitrogens is 1. The summed E-state index contributed by atoms with van der Waals surface area (Å²) in [5.41, 5.74) is 2.05. The number of ether oxygens (including phenoxy) is 2. The average Bonchev–Trinajstić information content (AvgIpc) is 3.32. The van der Waals surface area contributed by atoms with E-state index < -0.39 is 6.10 Å².